The first kappa shape index (κ1) is 10.9. The summed E-state index contributed by atoms with van der Waals surface area (Å²) >= 11 is 1.38. The smallest absolute Gasteiger partial charge is 0.186 e. The molecule has 1 aromatic carbocycles. The van der Waals surface area contributed by atoms with E-state index in [0.29, 0.717) is 17.9 Å². The Morgan fingerprint density at radius 3 is 2.76 bits per heavy atom. The maximum absolute atomic E-state index is 13.5. The molecule has 0 radical (unpaired) electrons. The van der Waals surface area contributed by atoms with Gasteiger partial charge in [0.05, 0.1) is 17.9 Å². The number of ether oxygens (including phenoxy) is 1. The molecule has 0 spiro atoms. The van der Waals surface area contributed by atoms with Crippen LogP contribution in [0, 0.1) is 11.6 Å². The van der Waals surface area contributed by atoms with E-state index in [0.717, 1.165) is 24.3 Å². The third kappa shape index (κ3) is 1.87. The van der Waals surface area contributed by atoms with Crippen LogP contribution in [0.1, 0.15) is 0 Å². The minimum absolute atomic E-state index is 0.122. The normalized spacial score (nSPS) is 16.7. The summed E-state index contributed by atoms with van der Waals surface area (Å²) in [6.07, 6.45) is 0. The molecule has 0 unspecified atom stereocenters. The van der Waals surface area contributed by atoms with Crippen LogP contribution < -0.4 is 4.90 Å². The predicted molar refractivity (Wildman–Crippen MR) is 62.6 cm³/mol. The van der Waals surface area contributed by atoms with Crippen LogP contribution in [-0.2, 0) is 4.74 Å². The standard InChI is InChI=1S/C11H10F2N2OS/c12-7-1-2-8-10(9(7)13)14-11(17-8)15-3-5-16-6-4-15/h1-2H,3-6H2. The summed E-state index contributed by atoms with van der Waals surface area (Å²) < 4.78 is 32.5. The first-order valence-electron chi connectivity index (χ1n) is 5.33. The predicted octanol–water partition coefficient (Wildman–Crippen LogP) is 2.41. The molecule has 6 heteroatoms. The number of hydrogen-bond acceptors (Lipinski definition) is 4. The molecule has 0 atom stereocenters. The molecule has 2 heterocycles. The zero-order valence-corrected chi connectivity index (χ0v) is 9.77. The van der Waals surface area contributed by atoms with E-state index in [1.54, 1.807) is 6.07 Å². The molecule has 1 aliphatic heterocycles. The second kappa shape index (κ2) is 4.19. The fourth-order valence-corrected chi connectivity index (χ4v) is 2.83. The number of halogens is 2. The molecular formula is C11H10F2N2OS. The highest BCUT2D eigenvalue weighted by molar-refractivity contribution is 7.22. The molecule has 17 heavy (non-hydrogen) atoms. The molecule has 90 valence electrons. The largest absolute Gasteiger partial charge is 0.378 e. The van der Waals surface area contributed by atoms with Gasteiger partial charge in [-0.2, -0.15) is 0 Å². The number of anilines is 1. The first-order chi connectivity index (χ1) is 8.25. The van der Waals surface area contributed by atoms with Crippen molar-refractivity contribution in [2.45, 2.75) is 0 Å². The molecule has 1 aromatic heterocycles. The van der Waals surface area contributed by atoms with Crippen molar-refractivity contribution in [3.63, 3.8) is 0 Å². The summed E-state index contributed by atoms with van der Waals surface area (Å²) in [4.78, 5) is 6.20. The number of aromatic nitrogens is 1. The monoisotopic (exact) mass is 256 g/mol. The third-order valence-corrected chi connectivity index (χ3v) is 3.80. The Labute approximate surface area is 101 Å². The van der Waals surface area contributed by atoms with Crippen LogP contribution in [0.15, 0.2) is 12.1 Å². The Hall–Kier alpha value is -1.27. The Morgan fingerprint density at radius 2 is 2.00 bits per heavy atom. The van der Waals surface area contributed by atoms with Gasteiger partial charge >= 0.3 is 0 Å². The Kier molecular flexibility index (Phi) is 2.68. The van der Waals surface area contributed by atoms with E-state index in [4.69, 9.17) is 4.74 Å². The summed E-state index contributed by atoms with van der Waals surface area (Å²) in [5.74, 6) is -1.71. The second-order valence-corrected chi connectivity index (χ2v) is 4.81. The Morgan fingerprint density at radius 1 is 1.24 bits per heavy atom. The number of benzene rings is 1. The van der Waals surface area contributed by atoms with Gasteiger partial charge in [0.15, 0.2) is 16.8 Å². The second-order valence-electron chi connectivity index (χ2n) is 3.80. The van der Waals surface area contributed by atoms with E-state index in [1.165, 1.54) is 11.3 Å². The first-order valence-corrected chi connectivity index (χ1v) is 6.14. The summed E-state index contributed by atoms with van der Waals surface area (Å²) in [7, 11) is 0. The molecule has 0 aliphatic carbocycles. The van der Waals surface area contributed by atoms with Gasteiger partial charge in [-0.15, -0.1) is 0 Å². The quantitative estimate of drug-likeness (QED) is 0.783. The molecule has 0 N–H and O–H groups in total. The molecule has 1 saturated heterocycles. The number of rotatable bonds is 1. The molecule has 2 aromatic rings. The van der Waals surface area contributed by atoms with E-state index >= 15 is 0 Å². The van der Waals surface area contributed by atoms with Gasteiger partial charge < -0.3 is 9.64 Å². The SMILES string of the molecule is Fc1ccc2sc(N3CCOCC3)nc2c1F. The maximum Gasteiger partial charge on any atom is 0.186 e. The molecule has 0 saturated carbocycles. The van der Waals surface area contributed by atoms with Gasteiger partial charge in [0.1, 0.15) is 5.52 Å². The molecule has 3 rings (SSSR count). The van der Waals surface area contributed by atoms with E-state index in [9.17, 15) is 8.78 Å². The lowest BCUT2D eigenvalue weighted by Crippen LogP contribution is -2.36. The Balaban J connectivity index is 2.04. The number of hydrogen-bond donors (Lipinski definition) is 0. The van der Waals surface area contributed by atoms with E-state index < -0.39 is 11.6 Å². The minimum Gasteiger partial charge on any atom is -0.378 e. The molecular weight excluding hydrogens is 246 g/mol. The minimum atomic E-state index is -0.863. The number of morpholine rings is 1. The molecule has 1 fully saturated rings. The van der Waals surface area contributed by atoms with E-state index in [2.05, 4.69) is 4.98 Å². The average molecular weight is 256 g/mol. The summed E-state index contributed by atoms with van der Waals surface area (Å²) in [6.45, 7) is 2.77. The summed E-state index contributed by atoms with van der Waals surface area (Å²) in [6, 6.07) is 2.70. The van der Waals surface area contributed by atoms with Crippen LogP contribution in [0.3, 0.4) is 0 Å². The van der Waals surface area contributed by atoms with Gasteiger partial charge in [0, 0.05) is 13.1 Å². The van der Waals surface area contributed by atoms with Crippen LogP contribution >= 0.6 is 11.3 Å². The molecule has 3 nitrogen and oxygen atoms in total. The fraction of sp³-hybridized carbons (Fsp3) is 0.364. The van der Waals surface area contributed by atoms with E-state index in [-0.39, 0.29) is 5.52 Å². The summed E-state index contributed by atoms with van der Waals surface area (Å²) in [5, 5.41) is 0.729. The highest BCUT2D eigenvalue weighted by Crippen LogP contribution is 2.31. The van der Waals surface area contributed by atoms with Crippen LogP contribution in [0.2, 0.25) is 0 Å². The van der Waals surface area contributed by atoms with E-state index in [1.807, 2.05) is 4.90 Å². The van der Waals surface area contributed by atoms with Gasteiger partial charge in [-0.25, -0.2) is 13.8 Å². The average Bonchev–Trinajstić information content (AvgIpc) is 2.80. The van der Waals surface area contributed by atoms with Crippen molar-refractivity contribution in [2.75, 3.05) is 31.2 Å². The topological polar surface area (TPSA) is 25.4 Å². The zero-order chi connectivity index (χ0) is 11.8. The van der Waals surface area contributed by atoms with Crippen molar-refractivity contribution in [2.24, 2.45) is 0 Å². The van der Waals surface area contributed by atoms with Crippen LogP contribution in [-0.4, -0.2) is 31.3 Å². The van der Waals surface area contributed by atoms with Crippen molar-refractivity contribution in [3.05, 3.63) is 23.8 Å². The van der Waals surface area contributed by atoms with Crippen LogP contribution in [0.5, 0.6) is 0 Å². The van der Waals surface area contributed by atoms with Gasteiger partial charge in [-0.1, -0.05) is 11.3 Å². The van der Waals surface area contributed by atoms with Gasteiger partial charge in [-0.05, 0) is 12.1 Å². The number of thiazole rings is 1. The molecule has 1 aliphatic rings. The third-order valence-electron chi connectivity index (χ3n) is 2.72. The molecule has 0 bridgehead atoms. The highest BCUT2D eigenvalue weighted by atomic mass is 32.1. The van der Waals surface area contributed by atoms with Crippen LogP contribution in [0.25, 0.3) is 10.2 Å². The van der Waals surface area contributed by atoms with Gasteiger partial charge in [-0.3, -0.25) is 0 Å². The van der Waals surface area contributed by atoms with Crippen LogP contribution in [0.4, 0.5) is 13.9 Å². The van der Waals surface area contributed by atoms with Crippen molar-refractivity contribution < 1.29 is 13.5 Å². The van der Waals surface area contributed by atoms with Gasteiger partial charge in [0.25, 0.3) is 0 Å². The lowest BCUT2D eigenvalue weighted by Gasteiger charge is -2.25. The maximum atomic E-state index is 13.5. The fourth-order valence-electron chi connectivity index (χ4n) is 1.82. The van der Waals surface area contributed by atoms with Gasteiger partial charge in [0.2, 0.25) is 0 Å². The number of nitrogens with zero attached hydrogens (tertiary/aromatic N) is 2. The summed E-state index contributed by atoms with van der Waals surface area (Å²) in [5.41, 5.74) is 0.122. The lowest BCUT2D eigenvalue weighted by atomic mass is 10.3. The van der Waals surface area contributed by atoms with Crippen molar-refractivity contribution in [3.8, 4) is 0 Å². The van der Waals surface area contributed by atoms with Crippen molar-refractivity contribution >= 4 is 26.7 Å². The van der Waals surface area contributed by atoms with Crippen molar-refractivity contribution in [1.29, 1.82) is 0 Å². The Bertz CT molecular complexity index is 552. The zero-order valence-electron chi connectivity index (χ0n) is 8.95. The van der Waals surface area contributed by atoms with Crippen molar-refractivity contribution in [1.82, 2.24) is 4.98 Å². The lowest BCUT2D eigenvalue weighted by molar-refractivity contribution is 0.122. The highest BCUT2D eigenvalue weighted by Gasteiger charge is 2.18. The molecule has 0 amide bonds. The number of fused-ring (bicyclic) bond motifs is 1.